The van der Waals surface area contributed by atoms with E-state index in [0.29, 0.717) is 19.3 Å². The molecule has 0 aromatic heterocycles. The number of hydrogen-bond donors (Lipinski definition) is 3. The predicted molar refractivity (Wildman–Crippen MR) is 93.6 cm³/mol. The van der Waals surface area contributed by atoms with E-state index in [4.69, 9.17) is 20.1 Å². The van der Waals surface area contributed by atoms with Crippen LogP contribution in [-0.2, 0) is 9.59 Å². The second-order valence-electron chi connectivity index (χ2n) is 6.46. The summed E-state index contributed by atoms with van der Waals surface area (Å²) in [7, 11) is 1.61. The van der Waals surface area contributed by atoms with Crippen LogP contribution in [0, 0.1) is 5.41 Å². The molecule has 1 fully saturated rings. The van der Waals surface area contributed by atoms with Crippen LogP contribution in [0.15, 0.2) is 24.3 Å². The maximum Gasteiger partial charge on any atom is 0.140 e. The first-order chi connectivity index (χ1) is 11.9. The molecule has 1 aliphatic carbocycles. The number of methoxy groups -OCH3 is 1. The molecule has 0 amide bonds. The summed E-state index contributed by atoms with van der Waals surface area (Å²) in [4.78, 5) is 22.7. The molecule has 6 heteroatoms. The van der Waals surface area contributed by atoms with E-state index in [1.165, 1.54) is 0 Å². The van der Waals surface area contributed by atoms with Gasteiger partial charge in [0.15, 0.2) is 0 Å². The molecule has 1 aromatic carbocycles. The second kappa shape index (κ2) is 10.3. The van der Waals surface area contributed by atoms with E-state index in [9.17, 15) is 9.59 Å². The molecule has 3 N–H and O–H groups in total. The van der Waals surface area contributed by atoms with E-state index in [1.54, 1.807) is 7.11 Å². The molecule has 0 atom stereocenters. The highest BCUT2D eigenvalue weighted by molar-refractivity contribution is 6.02. The zero-order chi connectivity index (χ0) is 18.9. The van der Waals surface area contributed by atoms with Gasteiger partial charge in [-0.2, -0.15) is 0 Å². The summed E-state index contributed by atoms with van der Waals surface area (Å²) in [5.74, 6) is 0.950. The summed E-state index contributed by atoms with van der Waals surface area (Å²) >= 11 is 0. The van der Waals surface area contributed by atoms with Crippen LogP contribution in [0.25, 0.3) is 0 Å². The number of hydrogen-bond acceptors (Lipinski definition) is 6. The summed E-state index contributed by atoms with van der Waals surface area (Å²) in [6.07, 6.45) is 1.68. The Balaban J connectivity index is 0.000000299. The van der Waals surface area contributed by atoms with Crippen molar-refractivity contribution in [2.24, 2.45) is 5.41 Å². The Morgan fingerprint density at radius 2 is 1.48 bits per heavy atom. The van der Waals surface area contributed by atoms with E-state index in [2.05, 4.69) is 0 Å². The number of benzene rings is 1. The first kappa shape index (κ1) is 21.3. The monoisotopic (exact) mass is 352 g/mol. The van der Waals surface area contributed by atoms with Crippen LogP contribution < -0.4 is 4.74 Å². The third kappa shape index (κ3) is 6.23. The predicted octanol–water partition coefficient (Wildman–Crippen LogP) is 1.46. The lowest BCUT2D eigenvalue weighted by atomic mass is 9.83. The first-order valence-electron chi connectivity index (χ1n) is 8.43. The molecule has 1 saturated carbocycles. The molecule has 0 aliphatic heterocycles. The number of carbonyl (C=O) groups excluding carboxylic acids is 2. The molecule has 0 bridgehead atoms. The van der Waals surface area contributed by atoms with Crippen LogP contribution in [0.5, 0.6) is 5.75 Å². The van der Waals surface area contributed by atoms with Crippen molar-refractivity contribution in [2.45, 2.75) is 38.5 Å². The van der Waals surface area contributed by atoms with Gasteiger partial charge in [-0.05, 0) is 30.0 Å². The highest BCUT2D eigenvalue weighted by atomic mass is 16.5. The molecule has 0 saturated heterocycles. The number of ether oxygens (including phenoxy) is 1. The van der Waals surface area contributed by atoms with Crippen molar-refractivity contribution in [3.63, 3.8) is 0 Å². The van der Waals surface area contributed by atoms with Crippen molar-refractivity contribution in [3.8, 4) is 5.75 Å². The maximum absolute atomic E-state index is 11.3. The molecule has 0 heterocycles. The lowest BCUT2D eigenvalue weighted by Gasteiger charge is -2.24. The molecular weight excluding hydrogens is 324 g/mol. The van der Waals surface area contributed by atoms with Crippen LogP contribution in [-0.4, -0.2) is 53.8 Å². The van der Waals surface area contributed by atoms with Gasteiger partial charge in [-0.3, -0.25) is 9.59 Å². The quantitative estimate of drug-likeness (QED) is 0.670. The molecule has 6 nitrogen and oxygen atoms in total. The summed E-state index contributed by atoms with van der Waals surface area (Å²) in [5, 5.41) is 26.0. The molecule has 1 aliphatic rings. The largest absolute Gasteiger partial charge is 0.497 e. The Morgan fingerprint density at radius 3 is 1.80 bits per heavy atom. The van der Waals surface area contributed by atoms with E-state index in [1.807, 2.05) is 31.2 Å². The van der Waals surface area contributed by atoms with Crippen LogP contribution in [0.3, 0.4) is 0 Å². The Kier molecular flexibility index (Phi) is 8.75. The fraction of sp³-hybridized carbons (Fsp3) is 0.579. The summed E-state index contributed by atoms with van der Waals surface area (Å²) in [6, 6.07) is 7.57. The minimum Gasteiger partial charge on any atom is -0.497 e. The van der Waals surface area contributed by atoms with Crippen LogP contribution in [0.4, 0.5) is 0 Å². The molecule has 2 rings (SSSR count). The highest BCUT2D eigenvalue weighted by Crippen LogP contribution is 2.30. The van der Waals surface area contributed by atoms with Crippen molar-refractivity contribution in [2.75, 3.05) is 26.9 Å². The van der Waals surface area contributed by atoms with Gasteiger partial charge in [-0.15, -0.1) is 0 Å². The lowest BCUT2D eigenvalue weighted by Crippen LogP contribution is -2.32. The molecule has 0 unspecified atom stereocenters. The Hall–Kier alpha value is -1.76. The summed E-state index contributed by atoms with van der Waals surface area (Å²) < 4.78 is 5.06. The number of Topliss-reactive ketones (excluding diaryl/α,β-unsaturated/α-hetero) is 2. The number of ketones is 2. The normalized spacial score (nSPS) is 15.6. The third-order valence-corrected chi connectivity index (χ3v) is 4.69. The van der Waals surface area contributed by atoms with Crippen molar-refractivity contribution < 1.29 is 29.6 Å². The summed E-state index contributed by atoms with van der Waals surface area (Å²) in [6.45, 7) is 1.35. The Bertz CT molecular complexity index is 514. The standard InChI is InChI=1S/C13H14O3.C6H14O3/c1-16-13-4-2-9(3-5-13)10-6-11(14)8-12(15)7-10;1-2-6(3-7,4-8)5-9/h2-5,10H,6-8H2,1H3;7-9H,2-5H2,1H3. The number of aliphatic hydroxyl groups excluding tert-OH is 3. The van der Waals surface area contributed by atoms with Gasteiger partial charge in [0.1, 0.15) is 17.3 Å². The van der Waals surface area contributed by atoms with Crippen molar-refractivity contribution in [1.82, 2.24) is 0 Å². The van der Waals surface area contributed by atoms with E-state index in [-0.39, 0.29) is 43.7 Å². The molecule has 25 heavy (non-hydrogen) atoms. The second-order valence-corrected chi connectivity index (χ2v) is 6.46. The minimum absolute atomic E-state index is 0.0528. The van der Waals surface area contributed by atoms with Crippen LogP contribution >= 0.6 is 0 Å². The molecule has 1 aromatic rings. The maximum atomic E-state index is 11.3. The van der Waals surface area contributed by atoms with Crippen LogP contribution in [0.2, 0.25) is 0 Å². The van der Waals surface area contributed by atoms with Gasteiger partial charge < -0.3 is 20.1 Å². The average molecular weight is 352 g/mol. The molecule has 0 radical (unpaired) electrons. The Labute approximate surface area is 148 Å². The van der Waals surface area contributed by atoms with E-state index >= 15 is 0 Å². The topological polar surface area (TPSA) is 104 Å². The van der Waals surface area contributed by atoms with Gasteiger partial charge in [0.05, 0.1) is 33.4 Å². The van der Waals surface area contributed by atoms with Crippen molar-refractivity contribution in [1.29, 1.82) is 0 Å². The van der Waals surface area contributed by atoms with Gasteiger partial charge in [0.25, 0.3) is 0 Å². The van der Waals surface area contributed by atoms with Gasteiger partial charge in [0, 0.05) is 18.3 Å². The fourth-order valence-electron chi connectivity index (χ4n) is 2.58. The molecule has 140 valence electrons. The van der Waals surface area contributed by atoms with Gasteiger partial charge in [0.2, 0.25) is 0 Å². The Morgan fingerprint density at radius 1 is 1.00 bits per heavy atom. The number of carbonyl (C=O) groups is 2. The third-order valence-electron chi connectivity index (χ3n) is 4.69. The number of aliphatic hydroxyl groups is 3. The molecule has 0 spiro atoms. The zero-order valence-electron chi connectivity index (χ0n) is 14.9. The zero-order valence-corrected chi connectivity index (χ0v) is 14.9. The first-order valence-corrected chi connectivity index (χ1v) is 8.43. The van der Waals surface area contributed by atoms with E-state index < -0.39 is 5.41 Å². The average Bonchev–Trinajstić information content (AvgIpc) is 2.64. The minimum atomic E-state index is -0.667. The van der Waals surface area contributed by atoms with E-state index in [0.717, 1.165) is 11.3 Å². The summed E-state index contributed by atoms with van der Waals surface area (Å²) in [5.41, 5.74) is 0.377. The van der Waals surface area contributed by atoms with Gasteiger partial charge >= 0.3 is 0 Å². The van der Waals surface area contributed by atoms with Crippen molar-refractivity contribution in [3.05, 3.63) is 29.8 Å². The van der Waals surface area contributed by atoms with Gasteiger partial charge in [-0.1, -0.05) is 19.1 Å². The van der Waals surface area contributed by atoms with Crippen molar-refractivity contribution >= 4 is 11.6 Å². The fourth-order valence-corrected chi connectivity index (χ4v) is 2.58. The number of rotatable bonds is 6. The molecular formula is C19H28O6. The smallest absolute Gasteiger partial charge is 0.140 e. The van der Waals surface area contributed by atoms with Crippen LogP contribution in [0.1, 0.15) is 44.1 Å². The SMILES string of the molecule is CCC(CO)(CO)CO.COc1ccc(C2CC(=O)CC(=O)C2)cc1. The van der Waals surface area contributed by atoms with Gasteiger partial charge in [-0.25, -0.2) is 0 Å². The lowest BCUT2D eigenvalue weighted by molar-refractivity contribution is -0.130. The highest BCUT2D eigenvalue weighted by Gasteiger charge is 2.26.